The maximum Gasteiger partial charge on any atom is 0.187 e. The summed E-state index contributed by atoms with van der Waals surface area (Å²) < 4.78 is 22.6. The molecule has 0 aromatic heterocycles. The van der Waals surface area contributed by atoms with Crippen LogP contribution in [-0.2, 0) is 9.84 Å². The summed E-state index contributed by atoms with van der Waals surface area (Å²) in [5, 5.41) is 8.08. The van der Waals surface area contributed by atoms with Crippen LogP contribution in [0.15, 0.2) is 23.3 Å². The van der Waals surface area contributed by atoms with Crippen molar-refractivity contribution < 1.29 is 8.42 Å². The van der Waals surface area contributed by atoms with Crippen molar-refractivity contribution in [1.82, 2.24) is 10.7 Å². The van der Waals surface area contributed by atoms with Crippen LogP contribution in [0, 0.1) is 0 Å². The van der Waals surface area contributed by atoms with Gasteiger partial charge < -0.3 is 5.32 Å². The van der Waals surface area contributed by atoms with Gasteiger partial charge in [0.1, 0.15) is 0 Å². The van der Waals surface area contributed by atoms with Crippen molar-refractivity contribution in [2.24, 2.45) is 5.10 Å². The Bertz CT molecular complexity index is 677. The highest BCUT2D eigenvalue weighted by molar-refractivity contribution is 7.91. The molecule has 0 spiro atoms. The highest BCUT2D eigenvalue weighted by Gasteiger charge is 2.28. The van der Waals surface area contributed by atoms with E-state index < -0.39 is 9.84 Å². The van der Waals surface area contributed by atoms with Crippen LogP contribution in [-0.4, -0.2) is 37.3 Å². The van der Waals surface area contributed by atoms with E-state index in [4.69, 9.17) is 35.4 Å². The fourth-order valence-corrected chi connectivity index (χ4v) is 4.08. The van der Waals surface area contributed by atoms with Gasteiger partial charge in [0.2, 0.25) is 0 Å². The Morgan fingerprint density at radius 1 is 1.38 bits per heavy atom. The predicted molar refractivity (Wildman–Crippen MR) is 90.0 cm³/mol. The molecular formula is C12H13Cl2N3O2S2. The summed E-state index contributed by atoms with van der Waals surface area (Å²) in [4.78, 5) is 0. The SMILES string of the molecule is O=S1(=O)CCC(NC(=S)N/N=C/c2ccc(Cl)c(Cl)c2)C1. The number of nitrogens with one attached hydrogen (secondary N) is 2. The molecule has 1 fully saturated rings. The molecule has 21 heavy (non-hydrogen) atoms. The van der Waals surface area contributed by atoms with E-state index >= 15 is 0 Å². The van der Waals surface area contributed by atoms with Gasteiger partial charge in [0.25, 0.3) is 0 Å². The van der Waals surface area contributed by atoms with Gasteiger partial charge >= 0.3 is 0 Å². The van der Waals surface area contributed by atoms with Crippen LogP contribution in [0.25, 0.3) is 0 Å². The Hall–Kier alpha value is -0.890. The van der Waals surface area contributed by atoms with E-state index in [9.17, 15) is 8.42 Å². The van der Waals surface area contributed by atoms with Crippen LogP contribution in [0.5, 0.6) is 0 Å². The summed E-state index contributed by atoms with van der Waals surface area (Å²) in [5.41, 5.74) is 3.41. The van der Waals surface area contributed by atoms with Gasteiger partial charge in [-0.2, -0.15) is 5.10 Å². The van der Waals surface area contributed by atoms with Crippen LogP contribution in [0.4, 0.5) is 0 Å². The molecule has 0 radical (unpaired) electrons. The van der Waals surface area contributed by atoms with Crippen molar-refractivity contribution in [2.45, 2.75) is 12.5 Å². The molecule has 1 atom stereocenters. The zero-order chi connectivity index (χ0) is 15.5. The number of nitrogens with zero attached hydrogens (tertiary/aromatic N) is 1. The quantitative estimate of drug-likeness (QED) is 0.486. The number of rotatable bonds is 3. The van der Waals surface area contributed by atoms with Crippen LogP contribution in [0.1, 0.15) is 12.0 Å². The normalized spacial score (nSPS) is 20.6. The molecule has 5 nitrogen and oxygen atoms in total. The van der Waals surface area contributed by atoms with Crippen molar-refractivity contribution >= 4 is 56.6 Å². The van der Waals surface area contributed by atoms with E-state index in [1.165, 1.54) is 0 Å². The molecule has 0 saturated carbocycles. The standard InChI is InChI=1S/C12H13Cl2N3O2S2/c13-10-2-1-8(5-11(10)14)6-15-17-12(20)16-9-3-4-21(18,19)7-9/h1-2,5-6,9H,3-4,7H2,(H2,16,17,20)/b15-6+. The van der Waals surface area contributed by atoms with Crippen LogP contribution < -0.4 is 10.7 Å². The number of sulfone groups is 1. The molecule has 1 aliphatic rings. The molecule has 2 N–H and O–H groups in total. The number of halogens is 2. The van der Waals surface area contributed by atoms with Gasteiger partial charge in [-0.25, -0.2) is 8.42 Å². The Kier molecular flexibility index (Phi) is 5.43. The first-order valence-corrected chi connectivity index (χ1v) is 9.09. The summed E-state index contributed by atoms with van der Waals surface area (Å²) in [5.74, 6) is 0.297. The molecule has 9 heteroatoms. The van der Waals surface area contributed by atoms with Crippen molar-refractivity contribution in [2.75, 3.05) is 11.5 Å². The fraction of sp³-hybridized carbons (Fsp3) is 0.333. The number of hydrazone groups is 1. The first kappa shape index (κ1) is 16.5. The smallest absolute Gasteiger partial charge is 0.187 e. The average molecular weight is 366 g/mol. The minimum atomic E-state index is -2.93. The minimum absolute atomic E-state index is 0.103. The van der Waals surface area contributed by atoms with E-state index in [2.05, 4.69) is 15.8 Å². The number of hydrogen-bond acceptors (Lipinski definition) is 4. The summed E-state index contributed by atoms with van der Waals surface area (Å²) in [7, 11) is -2.93. The summed E-state index contributed by atoms with van der Waals surface area (Å²) in [6.45, 7) is 0. The number of benzene rings is 1. The third-order valence-corrected chi connectivity index (χ3v) is 5.61. The lowest BCUT2D eigenvalue weighted by molar-refractivity contribution is 0.600. The van der Waals surface area contributed by atoms with Gasteiger partial charge in [0.15, 0.2) is 14.9 Å². The molecule has 114 valence electrons. The molecule has 0 aliphatic carbocycles. The van der Waals surface area contributed by atoms with Gasteiger partial charge in [0.05, 0.1) is 27.8 Å². The second kappa shape index (κ2) is 6.91. The summed E-state index contributed by atoms with van der Waals surface area (Å²) in [6.07, 6.45) is 2.10. The summed E-state index contributed by atoms with van der Waals surface area (Å²) in [6, 6.07) is 4.95. The first-order valence-electron chi connectivity index (χ1n) is 6.11. The third-order valence-electron chi connectivity index (χ3n) is 2.89. The fourth-order valence-electron chi connectivity index (χ4n) is 1.88. The maximum absolute atomic E-state index is 11.3. The Labute approximate surface area is 138 Å². The molecule has 1 aromatic rings. The monoisotopic (exact) mass is 365 g/mol. The highest BCUT2D eigenvalue weighted by Crippen LogP contribution is 2.21. The van der Waals surface area contributed by atoms with Crippen LogP contribution >= 0.6 is 35.4 Å². The molecular weight excluding hydrogens is 353 g/mol. The van der Waals surface area contributed by atoms with Gasteiger partial charge in [-0.3, -0.25) is 5.43 Å². The molecule has 1 saturated heterocycles. The molecule has 1 aliphatic heterocycles. The van der Waals surface area contributed by atoms with Gasteiger partial charge in [-0.05, 0) is 36.3 Å². The average Bonchev–Trinajstić information content (AvgIpc) is 2.73. The Morgan fingerprint density at radius 3 is 2.76 bits per heavy atom. The highest BCUT2D eigenvalue weighted by atomic mass is 35.5. The van der Waals surface area contributed by atoms with Crippen LogP contribution in [0.3, 0.4) is 0 Å². The zero-order valence-electron chi connectivity index (χ0n) is 10.8. The van der Waals surface area contributed by atoms with E-state index in [-0.39, 0.29) is 22.7 Å². The minimum Gasteiger partial charge on any atom is -0.358 e. The van der Waals surface area contributed by atoms with Crippen molar-refractivity contribution in [3.8, 4) is 0 Å². The summed E-state index contributed by atoms with van der Waals surface area (Å²) >= 11 is 16.7. The van der Waals surface area contributed by atoms with Gasteiger partial charge in [-0.1, -0.05) is 29.3 Å². The lowest BCUT2D eigenvalue weighted by Crippen LogP contribution is -2.40. The van der Waals surface area contributed by atoms with E-state index in [0.717, 1.165) is 5.56 Å². The van der Waals surface area contributed by atoms with Gasteiger partial charge in [-0.15, -0.1) is 0 Å². The van der Waals surface area contributed by atoms with E-state index in [0.29, 0.717) is 16.5 Å². The van der Waals surface area contributed by atoms with Crippen molar-refractivity contribution in [3.63, 3.8) is 0 Å². The Balaban J connectivity index is 1.83. The molecule has 0 amide bonds. The van der Waals surface area contributed by atoms with E-state index in [1.54, 1.807) is 24.4 Å². The molecule has 1 aromatic carbocycles. The third kappa shape index (κ3) is 5.10. The van der Waals surface area contributed by atoms with E-state index in [1.807, 2.05) is 0 Å². The first-order chi connectivity index (χ1) is 9.85. The topological polar surface area (TPSA) is 70.6 Å². The second-order valence-electron chi connectivity index (χ2n) is 4.62. The molecule has 2 rings (SSSR count). The maximum atomic E-state index is 11.3. The molecule has 0 bridgehead atoms. The molecule has 1 heterocycles. The largest absolute Gasteiger partial charge is 0.358 e. The van der Waals surface area contributed by atoms with Crippen LogP contribution in [0.2, 0.25) is 10.0 Å². The Morgan fingerprint density at radius 2 is 2.14 bits per heavy atom. The van der Waals surface area contributed by atoms with Gasteiger partial charge in [0, 0.05) is 6.04 Å². The van der Waals surface area contributed by atoms with Crippen molar-refractivity contribution in [3.05, 3.63) is 33.8 Å². The number of hydrogen-bond donors (Lipinski definition) is 2. The predicted octanol–water partition coefficient (Wildman–Crippen LogP) is 1.98. The zero-order valence-corrected chi connectivity index (χ0v) is 14.0. The van der Waals surface area contributed by atoms with Crippen molar-refractivity contribution in [1.29, 1.82) is 0 Å². The second-order valence-corrected chi connectivity index (χ2v) is 8.07. The lowest BCUT2D eigenvalue weighted by atomic mass is 10.2. The number of thiocarbonyl (C=S) groups is 1. The molecule has 1 unspecified atom stereocenters. The lowest BCUT2D eigenvalue weighted by Gasteiger charge is -2.12.